The van der Waals surface area contributed by atoms with Crippen LogP contribution in [0.5, 0.6) is 0 Å². The molecular weight excluding hydrogens is 538 g/mol. The van der Waals surface area contributed by atoms with Crippen LogP contribution in [0.2, 0.25) is 0 Å². The fourth-order valence-corrected chi connectivity index (χ4v) is 6.90. The summed E-state index contributed by atoms with van der Waals surface area (Å²) < 4.78 is 12.2. The summed E-state index contributed by atoms with van der Waals surface area (Å²) in [6.45, 7) is 14.7. The highest BCUT2D eigenvalue weighted by Crippen LogP contribution is 2.59. The highest BCUT2D eigenvalue weighted by molar-refractivity contribution is 6.05. The van der Waals surface area contributed by atoms with Crippen LogP contribution in [-0.4, -0.2) is 83.3 Å². The summed E-state index contributed by atoms with van der Waals surface area (Å²) in [6, 6.07) is 4.05. The molecule has 2 bridgehead atoms. The Hall–Kier alpha value is -3.50. The average molecular weight is 582 g/mol. The number of carbonyl (C=O) groups is 4. The van der Waals surface area contributed by atoms with E-state index in [4.69, 9.17) is 9.47 Å². The number of esters is 1. The van der Waals surface area contributed by atoms with Gasteiger partial charge in [-0.15, -0.1) is 13.2 Å². The highest BCUT2D eigenvalue weighted by Gasteiger charge is 2.75. The minimum Gasteiger partial charge on any atom is -0.460 e. The Morgan fingerprint density at radius 2 is 1.93 bits per heavy atom. The number of allylic oxidation sites excluding steroid dienone is 1. The van der Waals surface area contributed by atoms with Crippen molar-refractivity contribution in [1.29, 1.82) is 0 Å². The Morgan fingerprint density at radius 1 is 1.24 bits per heavy atom. The second kappa shape index (κ2) is 12.8. The zero-order valence-electron chi connectivity index (χ0n) is 25.0. The summed E-state index contributed by atoms with van der Waals surface area (Å²) in [5.74, 6) is -3.32. The van der Waals surface area contributed by atoms with E-state index in [2.05, 4.69) is 18.5 Å². The lowest BCUT2D eigenvalue weighted by Crippen LogP contribution is -2.58. The molecule has 2 N–H and O–H groups in total. The van der Waals surface area contributed by atoms with E-state index >= 15 is 0 Å². The lowest BCUT2D eigenvalue weighted by atomic mass is 9.70. The summed E-state index contributed by atoms with van der Waals surface area (Å²) >= 11 is 0. The van der Waals surface area contributed by atoms with Crippen molar-refractivity contribution in [3.8, 4) is 0 Å². The number of fused-ring (bicyclic) bond motifs is 1. The first-order valence-electron chi connectivity index (χ1n) is 14.7. The lowest BCUT2D eigenvalue weighted by Gasteiger charge is -2.39. The third kappa shape index (κ3) is 5.49. The van der Waals surface area contributed by atoms with E-state index in [0.29, 0.717) is 25.7 Å². The summed E-state index contributed by atoms with van der Waals surface area (Å²) in [5, 5.41) is 12.9. The molecule has 0 unspecified atom stereocenters. The molecule has 0 aliphatic carbocycles. The number of aryl methyl sites for hydroxylation is 2. The molecule has 42 heavy (non-hydrogen) atoms. The van der Waals surface area contributed by atoms with Gasteiger partial charge in [-0.2, -0.15) is 0 Å². The van der Waals surface area contributed by atoms with Crippen LogP contribution in [0.25, 0.3) is 0 Å². The van der Waals surface area contributed by atoms with Crippen molar-refractivity contribution in [2.75, 3.05) is 24.6 Å². The number of aliphatic hydroxyl groups is 1. The molecule has 3 aliphatic heterocycles. The van der Waals surface area contributed by atoms with Gasteiger partial charge in [0.15, 0.2) is 0 Å². The van der Waals surface area contributed by atoms with Gasteiger partial charge in [-0.3, -0.25) is 19.2 Å². The molecule has 10 heteroatoms. The first-order valence-corrected chi connectivity index (χ1v) is 14.7. The molecule has 0 aromatic heterocycles. The van der Waals surface area contributed by atoms with Crippen molar-refractivity contribution in [2.24, 2.45) is 11.8 Å². The molecule has 1 spiro atoms. The van der Waals surface area contributed by atoms with Crippen molar-refractivity contribution >= 4 is 29.4 Å². The summed E-state index contributed by atoms with van der Waals surface area (Å²) in [4.78, 5) is 57.3. The minimum absolute atomic E-state index is 0.130. The third-order valence-electron chi connectivity index (χ3n) is 8.75. The molecular formula is C32H43N3O7. The number of para-hydroxylation sites is 1. The molecule has 4 rings (SSSR count). The molecule has 7 atom stereocenters. The highest BCUT2D eigenvalue weighted by atomic mass is 16.6. The van der Waals surface area contributed by atoms with Crippen molar-refractivity contribution in [3.63, 3.8) is 0 Å². The van der Waals surface area contributed by atoms with E-state index < -0.39 is 53.6 Å². The quantitative estimate of drug-likeness (QED) is 0.271. The van der Waals surface area contributed by atoms with Gasteiger partial charge < -0.3 is 29.7 Å². The van der Waals surface area contributed by atoms with Crippen molar-refractivity contribution in [3.05, 3.63) is 54.6 Å². The van der Waals surface area contributed by atoms with Crippen LogP contribution in [0.15, 0.2) is 43.5 Å². The first kappa shape index (κ1) is 31.4. The molecule has 228 valence electrons. The van der Waals surface area contributed by atoms with Crippen LogP contribution < -0.4 is 10.2 Å². The van der Waals surface area contributed by atoms with Gasteiger partial charge in [0.1, 0.15) is 17.7 Å². The molecule has 0 saturated carbocycles. The van der Waals surface area contributed by atoms with E-state index in [1.54, 1.807) is 30.9 Å². The normalized spacial score (nSPS) is 27.3. The number of rotatable bonds is 13. The van der Waals surface area contributed by atoms with E-state index in [9.17, 15) is 24.3 Å². The standard InChI is InChI=1S/C32H43N3O7/c1-7-9-13-24(37)33-17-22(6)41-31(40)25-23-14-15-32(42-23)26(25)29(38)35(21(5)18-36)28(32)30(39)34(16-8-2)27-19(3)11-10-12-20(27)4/h7-8,10-12,21-23,25-26,28,36H,1-2,9,13-18H2,3-6H3,(H,33,37)/t21-,22-,23+,25-,26-,28+,32-/m1/s1. The zero-order valence-corrected chi connectivity index (χ0v) is 25.0. The molecule has 0 radical (unpaired) electrons. The topological polar surface area (TPSA) is 125 Å². The monoisotopic (exact) mass is 581 g/mol. The molecule has 10 nitrogen and oxygen atoms in total. The molecule has 1 aromatic carbocycles. The van der Waals surface area contributed by atoms with E-state index in [-0.39, 0.29) is 31.5 Å². The Morgan fingerprint density at radius 3 is 2.55 bits per heavy atom. The largest absolute Gasteiger partial charge is 0.460 e. The Bertz CT molecular complexity index is 1230. The maximum absolute atomic E-state index is 14.6. The number of aliphatic hydroxyl groups excluding tert-OH is 1. The number of carbonyl (C=O) groups excluding carboxylic acids is 4. The van der Waals surface area contributed by atoms with E-state index in [0.717, 1.165) is 16.8 Å². The van der Waals surface area contributed by atoms with E-state index in [1.165, 1.54) is 4.90 Å². The van der Waals surface area contributed by atoms with Crippen LogP contribution in [0.1, 0.15) is 50.7 Å². The molecule has 1 aromatic rings. The zero-order chi connectivity index (χ0) is 30.8. The van der Waals surface area contributed by atoms with E-state index in [1.807, 2.05) is 32.0 Å². The van der Waals surface area contributed by atoms with Crippen molar-refractivity contribution in [2.45, 2.75) is 83.3 Å². The first-order chi connectivity index (χ1) is 20.0. The fraction of sp³-hybridized carbons (Fsp3) is 0.562. The third-order valence-corrected chi connectivity index (χ3v) is 8.75. The summed E-state index contributed by atoms with van der Waals surface area (Å²) in [5.41, 5.74) is 1.30. The number of benzene rings is 1. The molecule has 3 heterocycles. The molecule has 3 fully saturated rings. The van der Waals surface area contributed by atoms with Gasteiger partial charge in [-0.05, 0) is 58.1 Å². The predicted molar refractivity (Wildman–Crippen MR) is 157 cm³/mol. The minimum atomic E-state index is -1.23. The number of anilines is 1. The lowest BCUT2D eigenvalue weighted by molar-refractivity contribution is -0.159. The number of amides is 3. The molecule has 3 saturated heterocycles. The van der Waals surface area contributed by atoms with Crippen LogP contribution in [0.3, 0.4) is 0 Å². The number of hydrogen-bond donors (Lipinski definition) is 2. The number of hydrogen-bond acceptors (Lipinski definition) is 7. The van der Waals surface area contributed by atoms with Crippen molar-refractivity contribution in [1.82, 2.24) is 10.2 Å². The Balaban J connectivity index is 1.64. The molecule has 3 amide bonds. The van der Waals surface area contributed by atoms with Gasteiger partial charge in [-0.1, -0.05) is 30.4 Å². The number of ether oxygens (including phenoxy) is 2. The Kier molecular flexibility index (Phi) is 9.57. The molecule has 3 aliphatic rings. The second-order valence-corrected chi connectivity index (χ2v) is 11.7. The van der Waals surface area contributed by atoms with Gasteiger partial charge in [-0.25, -0.2) is 0 Å². The van der Waals surface area contributed by atoms with Gasteiger partial charge in [0, 0.05) is 18.7 Å². The van der Waals surface area contributed by atoms with Crippen LogP contribution >= 0.6 is 0 Å². The second-order valence-electron chi connectivity index (χ2n) is 11.7. The van der Waals surface area contributed by atoms with Gasteiger partial charge in [0.05, 0.1) is 37.1 Å². The van der Waals surface area contributed by atoms with Crippen LogP contribution in [0.4, 0.5) is 5.69 Å². The maximum Gasteiger partial charge on any atom is 0.312 e. The van der Waals surface area contributed by atoms with Crippen molar-refractivity contribution < 1.29 is 33.8 Å². The summed E-state index contributed by atoms with van der Waals surface area (Å²) in [7, 11) is 0. The van der Waals surface area contributed by atoms with Gasteiger partial charge in [0.25, 0.3) is 5.91 Å². The predicted octanol–water partition coefficient (Wildman–Crippen LogP) is 2.59. The average Bonchev–Trinajstić information content (AvgIpc) is 3.61. The van der Waals surface area contributed by atoms with Crippen LogP contribution in [-0.2, 0) is 28.7 Å². The smallest absolute Gasteiger partial charge is 0.312 e. The Labute approximate surface area is 247 Å². The maximum atomic E-state index is 14.6. The van der Waals surface area contributed by atoms with Gasteiger partial charge in [0.2, 0.25) is 11.8 Å². The summed E-state index contributed by atoms with van der Waals surface area (Å²) in [6.07, 6.45) is 3.84. The van der Waals surface area contributed by atoms with Crippen LogP contribution in [0, 0.1) is 25.7 Å². The number of nitrogens with zero attached hydrogens (tertiary/aromatic N) is 2. The number of likely N-dealkylation sites (tertiary alicyclic amines) is 1. The SMILES string of the molecule is C=CCCC(=O)NC[C@@H](C)OC(=O)[C@@H]1[C@@H]2CC[C@]3(O2)[C@H](C(=O)N(CC=C)c2c(C)cccc2C)N([C@H](C)CO)C(=O)[C@@H]13. The van der Waals surface area contributed by atoms with Gasteiger partial charge >= 0.3 is 5.97 Å². The fourth-order valence-electron chi connectivity index (χ4n) is 6.90. The number of nitrogens with one attached hydrogen (secondary N) is 1.